The number of halogens is 1. The summed E-state index contributed by atoms with van der Waals surface area (Å²) in [6.45, 7) is 5.22. The average molecular weight is 284 g/mol. The predicted molar refractivity (Wildman–Crippen MR) is 70.0 cm³/mol. The van der Waals surface area contributed by atoms with E-state index in [1.54, 1.807) is 0 Å². The molecule has 16 heavy (non-hydrogen) atoms. The lowest BCUT2D eigenvalue weighted by Gasteiger charge is -2.14. The Hall–Kier alpha value is -0.540. The predicted octanol–water partition coefficient (Wildman–Crippen LogP) is 3.00. The van der Waals surface area contributed by atoms with Crippen molar-refractivity contribution in [1.82, 2.24) is 5.32 Å². The molecule has 1 aliphatic rings. The number of ether oxygens (including phenoxy) is 1. The van der Waals surface area contributed by atoms with Crippen molar-refractivity contribution in [2.75, 3.05) is 19.7 Å². The minimum Gasteiger partial charge on any atom is -0.493 e. The fraction of sp³-hybridized carbons (Fsp3) is 0.538. The Morgan fingerprint density at radius 2 is 2.38 bits per heavy atom. The second-order valence-electron chi connectivity index (χ2n) is 4.28. The molecule has 0 bridgehead atoms. The Labute approximate surface area is 106 Å². The molecule has 1 aromatic carbocycles. The standard InChI is InChI=1S/C13H18BrNO/c1-2-11-7-12(14)3-4-13(11)16-9-10-5-6-15-8-10/h3-4,7,10,15H,2,5-6,8-9H2,1H3/t10-/m0/s1. The highest BCUT2D eigenvalue weighted by Crippen LogP contribution is 2.24. The average Bonchev–Trinajstić information content (AvgIpc) is 2.80. The first-order valence-corrected chi connectivity index (χ1v) is 6.71. The van der Waals surface area contributed by atoms with Crippen molar-refractivity contribution in [2.24, 2.45) is 5.92 Å². The van der Waals surface area contributed by atoms with Gasteiger partial charge in [-0.15, -0.1) is 0 Å². The number of rotatable bonds is 4. The summed E-state index contributed by atoms with van der Waals surface area (Å²) in [4.78, 5) is 0. The molecule has 3 heteroatoms. The maximum atomic E-state index is 5.91. The smallest absolute Gasteiger partial charge is 0.122 e. The van der Waals surface area contributed by atoms with Crippen LogP contribution in [0.2, 0.25) is 0 Å². The summed E-state index contributed by atoms with van der Waals surface area (Å²) in [5.74, 6) is 1.71. The number of nitrogens with one attached hydrogen (secondary N) is 1. The molecule has 0 aliphatic carbocycles. The molecule has 2 rings (SSSR count). The second-order valence-corrected chi connectivity index (χ2v) is 5.19. The molecule has 0 amide bonds. The molecular weight excluding hydrogens is 266 g/mol. The number of hydrogen-bond donors (Lipinski definition) is 1. The van der Waals surface area contributed by atoms with Crippen molar-refractivity contribution in [3.63, 3.8) is 0 Å². The summed E-state index contributed by atoms with van der Waals surface area (Å²) in [5, 5.41) is 3.36. The number of hydrogen-bond acceptors (Lipinski definition) is 2. The van der Waals surface area contributed by atoms with E-state index in [0.29, 0.717) is 5.92 Å². The van der Waals surface area contributed by atoms with Crippen molar-refractivity contribution in [3.05, 3.63) is 28.2 Å². The van der Waals surface area contributed by atoms with E-state index in [0.717, 1.165) is 36.3 Å². The lowest BCUT2D eigenvalue weighted by atomic mass is 10.1. The lowest BCUT2D eigenvalue weighted by Crippen LogP contribution is -2.15. The summed E-state index contributed by atoms with van der Waals surface area (Å²) in [7, 11) is 0. The molecule has 88 valence electrons. The second kappa shape index (κ2) is 5.69. The zero-order valence-electron chi connectivity index (χ0n) is 9.63. The Kier molecular flexibility index (Phi) is 4.24. The molecule has 0 spiro atoms. The van der Waals surface area contributed by atoms with Gasteiger partial charge in [0.15, 0.2) is 0 Å². The monoisotopic (exact) mass is 283 g/mol. The van der Waals surface area contributed by atoms with Gasteiger partial charge in [-0.25, -0.2) is 0 Å². The summed E-state index contributed by atoms with van der Waals surface area (Å²) in [5.41, 5.74) is 1.28. The molecule has 1 saturated heterocycles. The van der Waals surface area contributed by atoms with Crippen LogP contribution in [0.5, 0.6) is 5.75 Å². The minimum absolute atomic E-state index is 0.674. The molecule has 1 aliphatic heterocycles. The topological polar surface area (TPSA) is 21.3 Å². The molecule has 0 radical (unpaired) electrons. The highest BCUT2D eigenvalue weighted by molar-refractivity contribution is 9.10. The highest BCUT2D eigenvalue weighted by atomic mass is 79.9. The van der Waals surface area contributed by atoms with E-state index in [9.17, 15) is 0 Å². The van der Waals surface area contributed by atoms with Gasteiger partial charge in [0.1, 0.15) is 5.75 Å². The van der Waals surface area contributed by atoms with Gasteiger partial charge in [0.05, 0.1) is 6.61 Å². The third kappa shape index (κ3) is 2.98. The van der Waals surface area contributed by atoms with E-state index in [1.807, 2.05) is 6.07 Å². The van der Waals surface area contributed by atoms with Crippen LogP contribution in [0.25, 0.3) is 0 Å². The van der Waals surface area contributed by atoms with Gasteiger partial charge in [0, 0.05) is 16.9 Å². The Balaban J connectivity index is 1.97. The quantitative estimate of drug-likeness (QED) is 0.917. The van der Waals surface area contributed by atoms with Crippen LogP contribution in [0.1, 0.15) is 18.9 Å². The highest BCUT2D eigenvalue weighted by Gasteiger charge is 2.15. The SMILES string of the molecule is CCc1cc(Br)ccc1OC[C@H]1CCNC1. The Bertz CT molecular complexity index is 348. The molecule has 0 aromatic heterocycles. The van der Waals surface area contributed by atoms with Gasteiger partial charge in [0.25, 0.3) is 0 Å². The van der Waals surface area contributed by atoms with E-state index >= 15 is 0 Å². The maximum absolute atomic E-state index is 5.91. The normalized spacial score (nSPS) is 20.0. The zero-order valence-corrected chi connectivity index (χ0v) is 11.2. The third-order valence-corrected chi connectivity index (χ3v) is 3.53. The summed E-state index contributed by atoms with van der Waals surface area (Å²) < 4.78 is 7.03. The summed E-state index contributed by atoms with van der Waals surface area (Å²) in [6, 6.07) is 6.24. The summed E-state index contributed by atoms with van der Waals surface area (Å²) >= 11 is 3.49. The first-order chi connectivity index (χ1) is 7.79. The first kappa shape index (κ1) is 11.9. The van der Waals surface area contributed by atoms with Gasteiger partial charge in [0.2, 0.25) is 0 Å². The van der Waals surface area contributed by atoms with Gasteiger partial charge < -0.3 is 10.1 Å². The van der Waals surface area contributed by atoms with Crippen LogP contribution in [0, 0.1) is 5.92 Å². The molecular formula is C13H18BrNO. The first-order valence-electron chi connectivity index (χ1n) is 5.91. The van der Waals surface area contributed by atoms with Gasteiger partial charge in [-0.3, -0.25) is 0 Å². The molecule has 1 atom stereocenters. The molecule has 2 nitrogen and oxygen atoms in total. The number of benzene rings is 1. The van der Waals surface area contributed by atoms with Crippen molar-refractivity contribution < 1.29 is 4.74 Å². The summed E-state index contributed by atoms with van der Waals surface area (Å²) in [6.07, 6.45) is 2.25. The van der Waals surface area contributed by atoms with Gasteiger partial charge in [-0.1, -0.05) is 22.9 Å². The zero-order chi connectivity index (χ0) is 11.4. The van der Waals surface area contributed by atoms with Crippen molar-refractivity contribution in [2.45, 2.75) is 19.8 Å². The van der Waals surface area contributed by atoms with Crippen molar-refractivity contribution in [3.8, 4) is 5.75 Å². The van der Waals surface area contributed by atoms with Crippen LogP contribution in [0.15, 0.2) is 22.7 Å². The largest absolute Gasteiger partial charge is 0.493 e. The molecule has 1 aromatic rings. The van der Waals surface area contributed by atoms with Crippen LogP contribution in [-0.2, 0) is 6.42 Å². The minimum atomic E-state index is 0.674. The molecule has 1 fully saturated rings. The molecule has 1 heterocycles. The van der Waals surface area contributed by atoms with Crippen LogP contribution < -0.4 is 10.1 Å². The molecule has 0 unspecified atom stereocenters. The van der Waals surface area contributed by atoms with Crippen LogP contribution in [-0.4, -0.2) is 19.7 Å². The fourth-order valence-corrected chi connectivity index (χ4v) is 2.44. The third-order valence-electron chi connectivity index (χ3n) is 3.04. The molecule has 1 N–H and O–H groups in total. The lowest BCUT2D eigenvalue weighted by molar-refractivity contribution is 0.258. The van der Waals surface area contributed by atoms with E-state index in [1.165, 1.54) is 12.0 Å². The Morgan fingerprint density at radius 1 is 1.50 bits per heavy atom. The van der Waals surface area contributed by atoms with Crippen LogP contribution in [0.3, 0.4) is 0 Å². The van der Waals surface area contributed by atoms with E-state index in [4.69, 9.17) is 4.74 Å². The fourth-order valence-electron chi connectivity index (χ4n) is 2.03. The van der Waals surface area contributed by atoms with Gasteiger partial charge in [-0.2, -0.15) is 0 Å². The van der Waals surface area contributed by atoms with Crippen LogP contribution in [0.4, 0.5) is 0 Å². The van der Waals surface area contributed by atoms with E-state index < -0.39 is 0 Å². The van der Waals surface area contributed by atoms with Gasteiger partial charge in [-0.05, 0) is 43.1 Å². The van der Waals surface area contributed by atoms with E-state index in [-0.39, 0.29) is 0 Å². The number of aryl methyl sites for hydroxylation is 1. The van der Waals surface area contributed by atoms with Crippen molar-refractivity contribution >= 4 is 15.9 Å². The van der Waals surface area contributed by atoms with Gasteiger partial charge >= 0.3 is 0 Å². The van der Waals surface area contributed by atoms with Crippen LogP contribution >= 0.6 is 15.9 Å². The van der Waals surface area contributed by atoms with E-state index in [2.05, 4.69) is 40.3 Å². The Morgan fingerprint density at radius 3 is 3.06 bits per heavy atom. The maximum Gasteiger partial charge on any atom is 0.122 e. The van der Waals surface area contributed by atoms with Crippen molar-refractivity contribution in [1.29, 1.82) is 0 Å². The molecule has 0 saturated carbocycles.